The summed E-state index contributed by atoms with van der Waals surface area (Å²) in [6, 6.07) is 6.15. The van der Waals surface area contributed by atoms with E-state index < -0.39 is 5.41 Å². The first-order chi connectivity index (χ1) is 17.8. The lowest BCUT2D eigenvalue weighted by Crippen LogP contribution is -2.39. The smallest absolute Gasteiger partial charge is 0.273 e. The van der Waals surface area contributed by atoms with Crippen LogP contribution in [0, 0.1) is 17.8 Å². The fourth-order valence-electron chi connectivity index (χ4n) is 6.61. The maximum absolute atomic E-state index is 13.1. The lowest BCUT2D eigenvalue weighted by molar-refractivity contribution is -0.118. The van der Waals surface area contributed by atoms with Crippen molar-refractivity contribution in [2.45, 2.75) is 43.3 Å². The molecule has 3 fully saturated rings. The first-order valence-electron chi connectivity index (χ1n) is 12.8. The van der Waals surface area contributed by atoms with Gasteiger partial charge < -0.3 is 25.0 Å². The van der Waals surface area contributed by atoms with Gasteiger partial charge in [-0.1, -0.05) is 0 Å². The molecule has 6 rings (SSSR count). The molecule has 1 spiro atoms. The van der Waals surface area contributed by atoms with Gasteiger partial charge in [-0.3, -0.25) is 15.0 Å². The molecule has 196 valence electrons. The van der Waals surface area contributed by atoms with Crippen LogP contribution >= 0.6 is 0 Å². The van der Waals surface area contributed by atoms with Crippen molar-refractivity contribution in [2.24, 2.45) is 17.8 Å². The van der Waals surface area contributed by atoms with Crippen LogP contribution < -0.4 is 31.0 Å². The third-order valence-electron chi connectivity index (χ3n) is 8.59. The van der Waals surface area contributed by atoms with E-state index >= 15 is 0 Å². The molecule has 2 aromatic rings. The first-order valence-corrected chi connectivity index (χ1v) is 12.8. The van der Waals surface area contributed by atoms with Crippen molar-refractivity contribution in [1.29, 1.82) is 0 Å². The Morgan fingerprint density at radius 3 is 2.78 bits per heavy atom. The van der Waals surface area contributed by atoms with Crippen molar-refractivity contribution in [3.8, 4) is 11.6 Å². The standard InChI is InChI=1S/C26H33N7O4/c1-33(2)24(34)20-12-27-22(23(28-20)37-4)30-21-15-7-5-13(9-19(15)31-32-21)17-11-26(17)16-10-14(36-3)6-8-18(16)29-25(26)35/h6,8,10,12-13,15,17,19,21,31-32H,5,7,9,11H2,1-4H3,(H,27,30)(H,29,35)/t13?,15?,17-,19?,21?,26-/m0/s1. The van der Waals surface area contributed by atoms with Gasteiger partial charge in [0.15, 0.2) is 11.5 Å². The molecular formula is C26H33N7O4. The maximum Gasteiger partial charge on any atom is 0.273 e. The molecule has 6 atom stereocenters. The van der Waals surface area contributed by atoms with E-state index in [0.29, 0.717) is 23.6 Å². The van der Waals surface area contributed by atoms with Gasteiger partial charge in [-0.05, 0) is 61.3 Å². The summed E-state index contributed by atoms with van der Waals surface area (Å²) in [4.78, 5) is 35.6. The van der Waals surface area contributed by atoms with Gasteiger partial charge >= 0.3 is 0 Å². The second-order valence-corrected chi connectivity index (χ2v) is 10.7. The predicted octanol–water partition coefficient (Wildman–Crippen LogP) is 1.74. The summed E-state index contributed by atoms with van der Waals surface area (Å²) in [7, 11) is 6.52. The molecule has 3 heterocycles. The summed E-state index contributed by atoms with van der Waals surface area (Å²) >= 11 is 0. The minimum atomic E-state index is -0.417. The third kappa shape index (κ3) is 3.79. The zero-order chi connectivity index (χ0) is 25.9. The van der Waals surface area contributed by atoms with Crippen LogP contribution in [-0.2, 0) is 10.2 Å². The van der Waals surface area contributed by atoms with Crippen LogP contribution in [0.3, 0.4) is 0 Å². The maximum atomic E-state index is 13.1. The molecule has 0 radical (unpaired) electrons. The van der Waals surface area contributed by atoms with E-state index in [1.54, 1.807) is 21.2 Å². The van der Waals surface area contributed by atoms with Gasteiger partial charge in [-0.25, -0.2) is 15.4 Å². The van der Waals surface area contributed by atoms with Crippen molar-refractivity contribution in [3.63, 3.8) is 0 Å². The molecular weight excluding hydrogens is 474 g/mol. The first kappa shape index (κ1) is 23.9. The molecule has 0 bridgehead atoms. The summed E-state index contributed by atoms with van der Waals surface area (Å²) in [6.45, 7) is 0. The number of amides is 2. The molecule has 2 saturated carbocycles. The molecule has 1 saturated heterocycles. The van der Waals surface area contributed by atoms with Crippen molar-refractivity contribution in [3.05, 3.63) is 35.7 Å². The molecule has 2 amide bonds. The number of nitrogens with zero attached hydrogens (tertiary/aromatic N) is 3. The number of fused-ring (bicyclic) bond motifs is 3. The highest BCUT2D eigenvalue weighted by Gasteiger charge is 2.67. The Morgan fingerprint density at radius 1 is 1.19 bits per heavy atom. The van der Waals surface area contributed by atoms with Gasteiger partial charge in [0.1, 0.15) is 5.75 Å². The largest absolute Gasteiger partial charge is 0.497 e. The summed E-state index contributed by atoms with van der Waals surface area (Å²) in [6.07, 6.45) is 5.36. The van der Waals surface area contributed by atoms with E-state index in [4.69, 9.17) is 9.47 Å². The number of anilines is 2. The fraction of sp³-hybridized carbons (Fsp3) is 0.538. The molecule has 4 unspecified atom stereocenters. The Morgan fingerprint density at radius 2 is 2.03 bits per heavy atom. The average molecular weight is 508 g/mol. The van der Waals surface area contributed by atoms with E-state index in [1.807, 2.05) is 18.2 Å². The Kier molecular flexibility index (Phi) is 5.72. The number of hydrogen-bond acceptors (Lipinski definition) is 9. The van der Waals surface area contributed by atoms with Crippen molar-refractivity contribution in [2.75, 3.05) is 38.9 Å². The number of nitrogens with one attached hydrogen (secondary N) is 4. The summed E-state index contributed by atoms with van der Waals surface area (Å²) < 4.78 is 10.9. The number of hydrazine groups is 1. The Balaban J connectivity index is 1.13. The van der Waals surface area contributed by atoms with Crippen LogP contribution in [0.4, 0.5) is 11.5 Å². The Hall–Kier alpha value is -3.44. The van der Waals surface area contributed by atoms with Crippen LogP contribution in [0.25, 0.3) is 0 Å². The van der Waals surface area contributed by atoms with Gasteiger partial charge in [0.05, 0.1) is 32.0 Å². The van der Waals surface area contributed by atoms with Crippen molar-refractivity contribution < 1.29 is 19.1 Å². The molecule has 11 heteroatoms. The van der Waals surface area contributed by atoms with Crippen LogP contribution in [0.15, 0.2) is 24.4 Å². The van der Waals surface area contributed by atoms with Crippen LogP contribution in [0.1, 0.15) is 41.7 Å². The molecule has 1 aromatic heterocycles. The van der Waals surface area contributed by atoms with Crippen LogP contribution in [0.5, 0.6) is 11.6 Å². The number of carbonyl (C=O) groups is 2. The van der Waals surface area contributed by atoms with Gasteiger partial charge in [0.25, 0.3) is 11.8 Å². The number of carbonyl (C=O) groups excluding carboxylic acids is 2. The number of rotatable bonds is 6. The Labute approximate surface area is 215 Å². The highest BCUT2D eigenvalue weighted by atomic mass is 16.5. The summed E-state index contributed by atoms with van der Waals surface area (Å²) in [5, 5.41) is 6.52. The van der Waals surface area contributed by atoms with E-state index in [1.165, 1.54) is 18.2 Å². The number of methoxy groups -OCH3 is 2. The number of ether oxygens (including phenoxy) is 2. The Bertz CT molecular complexity index is 1250. The number of hydrogen-bond donors (Lipinski definition) is 4. The van der Waals surface area contributed by atoms with E-state index in [2.05, 4.69) is 31.5 Å². The van der Waals surface area contributed by atoms with Gasteiger partial charge in [-0.2, -0.15) is 0 Å². The molecule has 4 N–H and O–H groups in total. The molecule has 11 nitrogen and oxygen atoms in total. The van der Waals surface area contributed by atoms with Gasteiger partial charge in [-0.15, -0.1) is 0 Å². The van der Waals surface area contributed by atoms with Gasteiger partial charge in [0.2, 0.25) is 5.91 Å². The monoisotopic (exact) mass is 507 g/mol. The average Bonchev–Trinajstić information content (AvgIpc) is 3.46. The molecule has 2 aliphatic carbocycles. The SMILES string of the molecule is COc1ccc2c(c1)[C@]1(C[C@H]1C1CCC3C(C1)NNC3Nc1ncc(C(=O)N(C)C)nc1OC)C(=O)N2. The number of benzene rings is 1. The zero-order valence-electron chi connectivity index (χ0n) is 21.5. The molecule has 2 aliphatic heterocycles. The lowest BCUT2D eigenvalue weighted by atomic mass is 9.74. The van der Waals surface area contributed by atoms with E-state index in [9.17, 15) is 9.59 Å². The highest BCUT2D eigenvalue weighted by molar-refractivity contribution is 6.09. The van der Waals surface area contributed by atoms with Crippen LogP contribution in [-0.4, -0.2) is 67.2 Å². The van der Waals surface area contributed by atoms with E-state index in [0.717, 1.165) is 42.7 Å². The quantitative estimate of drug-likeness (QED) is 0.462. The van der Waals surface area contributed by atoms with Gasteiger partial charge in [0, 0.05) is 31.7 Å². The third-order valence-corrected chi connectivity index (χ3v) is 8.59. The van der Waals surface area contributed by atoms with Crippen molar-refractivity contribution in [1.82, 2.24) is 25.7 Å². The van der Waals surface area contributed by atoms with Crippen LogP contribution in [0.2, 0.25) is 0 Å². The minimum Gasteiger partial charge on any atom is -0.497 e. The molecule has 4 aliphatic rings. The topological polar surface area (TPSA) is 130 Å². The summed E-state index contributed by atoms with van der Waals surface area (Å²) in [5.74, 6) is 2.60. The second-order valence-electron chi connectivity index (χ2n) is 10.7. The summed E-state index contributed by atoms with van der Waals surface area (Å²) in [5.41, 5.74) is 8.67. The van der Waals surface area contributed by atoms with Crippen molar-refractivity contribution >= 4 is 23.3 Å². The number of aromatic nitrogens is 2. The van der Waals surface area contributed by atoms with E-state index in [-0.39, 0.29) is 35.6 Å². The normalized spacial score (nSPS) is 31.4. The predicted molar refractivity (Wildman–Crippen MR) is 136 cm³/mol. The lowest BCUT2D eigenvalue weighted by Gasteiger charge is -2.34. The highest BCUT2D eigenvalue weighted by Crippen LogP contribution is 2.65. The zero-order valence-corrected chi connectivity index (χ0v) is 21.5. The second kappa shape index (κ2) is 8.84. The molecule has 1 aromatic carbocycles. The fourth-order valence-corrected chi connectivity index (χ4v) is 6.61. The molecule has 37 heavy (non-hydrogen) atoms. The minimum absolute atomic E-state index is 0.0579.